The first-order chi connectivity index (χ1) is 51.6. The van der Waals surface area contributed by atoms with E-state index in [-0.39, 0.29) is 75.5 Å². The van der Waals surface area contributed by atoms with Crippen LogP contribution < -0.4 is 69.5 Å². The smallest absolute Gasteiger partial charge is 0.327 e. The molecule has 0 unspecified atom stereocenters. The lowest BCUT2D eigenvalue weighted by atomic mass is 9.99. The Labute approximate surface area is 641 Å². The molecule has 2 aliphatic rings. The number of benzene rings is 2. The zero-order valence-electron chi connectivity index (χ0n) is 62.0. The van der Waals surface area contributed by atoms with Crippen molar-refractivity contribution in [1.82, 2.24) is 83.6 Å². The number of imidazole rings is 1. The topological polar surface area (TPSA) is 539 Å². The number of likely N-dealkylation sites (tertiary alicyclic amines) is 2. The second-order valence-corrected chi connectivity index (χ2v) is 28.6. The van der Waals surface area contributed by atoms with Gasteiger partial charge in [0.05, 0.1) is 31.9 Å². The number of aromatic amines is 1. The lowest BCUT2D eigenvalue weighted by Crippen LogP contribution is -2.61. The molecule has 2 fully saturated rings. The van der Waals surface area contributed by atoms with Crippen molar-refractivity contribution >= 4 is 120 Å². The average Bonchev–Trinajstić information content (AvgIpc) is 1.74. The molecule has 3 heterocycles. The summed E-state index contributed by atoms with van der Waals surface area (Å²) in [5, 5.41) is 59.3. The molecule has 5 rings (SSSR count). The number of aromatic nitrogens is 2. The number of aliphatic carboxylic acids is 2. The molecule has 0 saturated carbocycles. The van der Waals surface area contributed by atoms with E-state index in [4.69, 9.17) is 5.73 Å². The monoisotopic (exact) mass is 1560 g/mol. The van der Waals surface area contributed by atoms with Crippen molar-refractivity contribution < 1.29 is 92.0 Å². The Morgan fingerprint density at radius 3 is 1.45 bits per heavy atom. The molecule has 0 aliphatic carbocycles. The molecular weight excluding hydrogens is 1460 g/mol. The van der Waals surface area contributed by atoms with Crippen molar-refractivity contribution in [2.24, 2.45) is 23.5 Å². The van der Waals surface area contributed by atoms with Gasteiger partial charge in [-0.3, -0.25) is 71.9 Å². The van der Waals surface area contributed by atoms with Crippen molar-refractivity contribution in [2.45, 2.75) is 198 Å². The third-order valence-corrected chi connectivity index (χ3v) is 18.8. The second-order valence-electron chi connectivity index (χ2n) is 27.9. The minimum atomic E-state index is -1.75. The van der Waals surface area contributed by atoms with Crippen LogP contribution in [-0.4, -0.2) is 252 Å². The fraction of sp³-hybridized carbons (Fsp3) is 0.563. The highest BCUT2D eigenvalue weighted by Crippen LogP contribution is 2.23. The van der Waals surface area contributed by atoms with Crippen LogP contribution in [0.1, 0.15) is 111 Å². The van der Waals surface area contributed by atoms with E-state index in [1.807, 2.05) is 0 Å². The van der Waals surface area contributed by atoms with Crippen molar-refractivity contribution in [1.29, 1.82) is 0 Å². The number of hydrogen-bond acceptors (Lipinski definition) is 21. The molecule has 18 N–H and O–H groups in total. The molecule has 109 heavy (non-hydrogen) atoms. The maximum atomic E-state index is 14.8. The van der Waals surface area contributed by atoms with Crippen molar-refractivity contribution in [3.8, 4) is 0 Å². The molecule has 598 valence electrons. The summed E-state index contributed by atoms with van der Waals surface area (Å²) < 4.78 is 0. The fourth-order valence-corrected chi connectivity index (χ4v) is 12.4. The SMILES string of the molecule is CC(C)C[C@H](NC(=O)[C@H](C)NC(=O)[C@H](CO)NC(=O)[C@@H](N)CS)C(=O)N[C@@H](Cc1ccccc1)C(=O)N[C@H](C(=O)NCC(=O)N[C@@H](C)C(=O)N1CCC[C@H]1C(=O)N[C@@H](Cc1ccccc1)C(=O)N[C@@H](Cc1cnc[nH]1)C(=O)N[C@H](C(=O)N1CCC[C@H]1C(=O)N[C@@H](CC(=O)O)C(=O)N[C@@H](CS)C(=O)O)C(C)C)C(C)C. The number of aliphatic hydroxyl groups excluding tert-OH is 1. The Bertz CT molecular complexity index is 3670. The van der Waals surface area contributed by atoms with E-state index >= 15 is 0 Å². The third-order valence-electron chi connectivity index (χ3n) is 18.0. The molecule has 2 aliphatic heterocycles. The molecule has 3 aromatic rings. The normalized spacial score (nSPS) is 17.3. The number of rotatable bonds is 42. The van der Waals surface area contributed by atoms with Crippen LogP contribution >= 0.6 is 25.3 Å². The van der Waals surface area contributed by atoms with Crippen LogP contribution in [0.3, 0.4) is 0 Å². The molecule has 1 aromatic heterocycles. The van der Waals surface area contributed by atoms with Gasteiger partial charge in [0.15, 0.2) is 0 Å². The number of amides is 14. The molecule has 2 aromatic carbocycles. The maximum absolute atomic E-state index is 14.8. The molecule has 0 spiro atoms. The summed E-state index contributed by atoms with van der Waals surface area (Å²) in [5.74, 6) is -16.6. The summed E-state index contributed by atoms with van der Waals surface area (Å²) in [7, 11) is 0. The van der Waals surface area contributed by atoms with Gasteiger partial charge in [-0.05, 0) is 74.8 Å². The number of carbonyl (C=O) groups is 16. The highest BCUT2D eigenvalue weighted by molar-refractivity contribution is 7.80. The molecule has 14 atom stereocenters. The Morgan fingerprint density at radius 1 is 0.505 bits per heavy atom. The standard InChI is InChI=1S/C71H103N17O19S2/c1-36(2)25-45(78-58(93)39(7)77-65(100)50(32-89)83-59(94)44(72)33-108)60(95)79-47(27-42-19-13-10-14-20-42)63(98)85-56(37(3)4)68(103)74-31-54(90)76-40(8)69(104)87-23-15-21-52(87)66(101)81-46(26-41-17-11-9-12-18-41)61(96)80-48(28-43-30-73-35-75-43)64(99)86-57(38(5)6)70(105)88-24-16-22-53(88)67(102)82-49(29-55(91)92)62(97)84-51(34-109)71(106)107/h9-14,17-20,30,35-40,44-53,56-57,89,108-109H,15-16,21-29,31-34,72H2,1-8H3,(H,73,75)(H,74,103)(H,76,90)(H,77,100)(H,78,93)(H,79,95)(H,80,96)(H,81,101)(H,82,102)(H,83,94)(H,84,97)(H,85,98)(H,86,99)(H,91,92)(H,106,107)/t39-,40-,44-,45-,46-,47-,48-,49-,50-,51-,52-,53-,56-,57-/m0/s1. The summed E-state index contributed by atoms with van der Waals surface area (Å²) in [6, 6.07) is -1.90. The van der Waals surface area contributed by atoms with Gasteiger partial charge in [-0.1, -0.05) is 102 Å². The second kappa shape index (κ2) is 43.7. The van der Waals surface area contributed by atoms with E-state index in [2.05, 4.69) is 99.0 Å². The number of thiol groups is 2. The van der Waals surface area contributed by atoms with E-state index in [1.54, 1.807) is 102 Å². The van der Waals surface area contributed by atoms with Gasteiger partial charge < -0.3 is 99.6 Å². The number of nitrogens with two attached hydrogens (primary N) is 1. The lowest BCUT2D eigenvalue weighted by Gasteiger charge is -2.32. The van der Waals surface area contributed by atoms with Crippen LogP contribution in [-0.2, 0) is 96.0 Å². The average molecular weight is 1560 g/mol. The largest absolute Gasteiger partial charge is 0.481 e. The third kappa shape index (κ3) is 27.8. The first-order valence-corrected chi connectivity index (χ1v) is 37.1. The minimum Gasteiger partial charge on any atom is -0.481 e. The number of carbonyl (C=O) groups excluding carboxylic acids is 14. The van der Waals surface area contributed by atoms with Gasteiger partial charge in [0.1, 0.15) is 78.5 Å². The lowest BCUT2D eigenvalue weighted by molar-refractivity contribution is -0.145. The van der Waals surface area contributed by atoms with Gasteiger partial charge in [-0.25, -0.2) is 9.78 Å². The quantitative estimate of drug-likeness (QED) is 0.0240. The Balaban J connectivity index is 1.25. The van der Waals surface area contributed by atoms with Gasteiger partial charge >= 0.3 is 11.9 Å². The number of carboxylic acid groups (broad SMARTS) is 2. The van der Waals surface area contributed by atoms with E-state index in [0.717, 1.165) is 0 Å². The van der Waals surface area contributed by atoms with Crippen molar-refractivity contribution in [3.05, 3.63) is 90.0 Å². The predicted octanol–water partition coefficient (Wildman–Crippen LogP) is -4.00. The van der Waals surface area contributed by atoms with Crippen LogP contribution in [0, 0.1) is 17.8 Å². The zero-order chi connectivity index (χ0) is 80.9. The predicted molar refractivity (Wildman–Crippen MR) is 399 cm³/mol. The van der Waals surface area contributed by atoms with Gasteiger partial charge in [0, 0.05) is 55.7 Å². The molecule has 38 heteroatoms. The Hall–Kier alpha value is -10.2. The molecule has 36 nitrogen and oxygen atoms in total. The number of carboxylic acids is 2. The van der Waals surface area contributed by atoms with E-state index in [9.17, 15) is 92.0 Å². The van der Waals surface area contributed by atoms with Gasteiger partial charge in [-0.15, -0.1) is 0 Å². The fourth-order valence-electron chi connectivity index (χ4n) is 12.0. The molecule has 0 radical (unpaired) electrons. The van der Waals surface area contributed by atoms with Gasteiger partial charge in [0.2, 0.25) is 82.7 Å². The summed E-state index contributed by atoms with van der Waals surface area (Å²) in [6.07, 6.45) is 2.22. The van der Waals surface area contributed by atoms with Gasteiger partial charge in [0.25, 0.3) is 0 Å². The summed E-state index contributed by atoms with van der Waals surface area (Å²) in [4.78, 5) is 227. The van der Waals surface area contributed by atoms with Crippen LogP contribution in [0.5, 0.6) is 0 Å². The van der Waals surface area contributed by atoms with Crippen molar-refractivity contribution in [3.63, 3.8) is 0 Å². The number of nitrogens with zero attached hydrogens (tertiary/aromatic N) is 3. The number of nitrogens with one attached hydrogen (secondary N) is 13. The first-order valence-electron chi connectivity index (χ1n) is 35.9. The highest BCUT2D eigenvalue weighted by atomic mass is 32.1. The zero-order valence-corrected chi connectivity index (χ0v) is 63.8. The van der Waals surface area contributed by atoms with Gasteiger partial charge in [-0.2, -0.15) is 25.3 Å². The summed E-state index contributed by atoms with van der Waals surface area (Å²) >= 11 is 7.88. The Kier molecular flexibility index (Phi) is 35.8. The molecule has 14 amide bonds. The van der Waals surface area contributed by atoms with Crippen LogP contribution in [0.2, 0.25) is 0 Å². The van der Waals surface area contributed by atoms with Crippen molar-refractivity contribution in [2.75, 3.05) is 37.7 Å². The molecule has 0 bridgehead atoms. The van der Waals surface area contributed by atoms with E-state index in [0.29, 0.717) is 23.2 Å². The van der Waals surface area contributed by atoms with Crippen LogP contribution in [0.25, 0.3) is 0 Å². The van der Waals surface area contributed by atoms with Crippen LogP contribution in [0.15, 0.2) is 73.2 Å². The summed E-state index contributed by atoms with van der Waals surface area (Å²) in [5.41, 5.74) is 7.23. The molecular formula is C71H103N17O19S2. The number of aliphatic hydroxyl groups is 1. The van der Waals surface area contributed by atoms with E-state index < -0.39 is 211 Å². The minimum absolute atomic E-state index is 0.00576. The first kappa shape index (κ1) is 89.4. The summed E-state index contributed by atoms with van der Waals surface area (Å²) in [6.45, 7) is 11.3. The number of H-pyrrole nitrogens is 1. The highest BCUT2D eigenvalue weighted by Gasteiger charge is 2.43. The number of hydrogen-bond donors (Lipinski definition) is 19. The Morgan fingerprint density at radius 2 is 0.963 bits per heavy atom. The maximum Gasteiger partial charge on any atom is 0.327 e. The molecule has 2 saturated heterocycles. The van der Waals surface area contributed by atoms with E-state index in [1.165, 1.54) is 36.2 Å². The van der Waals surface area contributed by atoms with Crippen LogP contribution in [0.4, 0.5) is 0 Å².